The van der Waals surface area contributed by atoms with E-state index >= 15 is 0 Å². The molecule has 1 heterocycles. The molecule has 9 nitrogen and oxygen atoms in total. The van der Waals surface area contributed by atoms with Gasteiger partial charge in [-0.05, 0) is 69.8 Å². The fourth-order valence-corrected chi connectivity index (χ4v) is 7.80. The van der Waals surface area contributed by atoms with Gasteiger partial charge in [-0.1, -0.05) is 56.4 Å². The van der Waals surface area contributed by atoms with Crippen LogP contribution in [0, 0.1) is 6.92 Å². The number of para-hydroxylation sites is 1. The largest absolute Gasteiger partial charge is 0.493 e. The highest BCUT2D eigenvalue weighted by atomic mass is 31.2. The first kappa shape index (κ1) is 36.6. The third-order valence-electron chi connectivity index (χ3n) is 7.74. The fourth-order valence-electron chi connectivity index (χ4n) is 5.20. The average molecular weight is 659 g/mol. The maximum atomic E-state index is 13.8. The summed E-state index contributed by atoms with van der Waals surface area (Å²) < 4.78 is 36.7. The van der Waals surface area contributed by atoms with E-state index in [1.54, 1.807) is 38.1 Å². The van der Waals surface area contributed by atoms with Crippen molar-refractivity contribution in [3.63, 3.8) is 0 Å². The molecule has 0 spiro atoms. The van der Waals surface area contributed by atoms with Crippen molar-refractivity contribution in [1.29, 1.82) is 0 Å². The number of fused-ring (bicyclic) bond motifs is 1. The van der Waals surface area contributed by atoms with Crippen LogP contribution in [0.1, 0.15) is 60.3 Å². The highest BCUT2D eigenvalue weighted by Gasteiger charge is 2.33. The Balaban J connectivity index is 1.72. The molecule has 2 N–H and O–H groups in total. The van der Waals surface area contributed by atoms with E-state index in [0.29, 0.717) is 49.8 Å². The predicted octanol–water partition coefficient (Wildman–Crippen LogP) is 6.84. The van der Waals surface area contributed by atoms with Crippen molar-refractivity contribution in [2.24, 2.45) is 0 Å². The molecule has 0 radical (unpaired) electrons. The number of ether oxygens (including phenoxy) is 3. The molecule has 1 unspecified atom stereocenters. The van der Waals surface area contributed by atoms with Crippen LogP contribution < -0.4 is 19.7 Å². The van der Waals surface area contributed by atoms with Gasteiger partial charge in [0.1, 0.15) is 29.7 Å². The molecule has 0 amide bonds. The van der Waals surface area contributed by atoms with E-state index in [4.69, 9.17) is 18.7 Å². The standard InChI is InChI=1S/C34H51N2O7PSi/c1-9-28-25(4)30-23-42-34(38)31(30)32(41-19-21-45(6,7)8)29(28)17-16-24(3)22-35-18-20-44(39,36-26(5)33(37)40-10-2)43-27-14-12-11-13-15-27/h11-16,26,35H,9-10,17-23H2,1-8H3,(H,36,39)/b24-16+/t26-,44?/m0/s1. The van der Waals surface area contributed by atoms with E-state index in [9.17, 15) is 14.2 Å². The monoisotopic (exact) mass is 658 g/mol. The lowest BCUT2D eigenvalue weighted by Gasteiger charge is -2.24. The van der Waals surface area contributed by atoms with Gasteiger partial charge in [-0.3, -0.25) is 9.36 Å². The average Bonchev–Trinajstić information content (AvgIpc) is 3.37. The first-order valence-corrected chi connectivity index (χ1v) is 21.4. The summed E-state index contributed by atoms with van der Waals surface area (Å²) in [6.07, 6.45) is 3.76. The zero-order valence-corrected chi connectivity index (χ0v) is 30.1. The van der Waals surface area contributed by atoms with Gasteiger partial charge >= 0.3 is 19.5 Å². The van der Waals surface area contributed by atoms with Crippen LogP contribution in [-0.4, -0.2) is 58.5 Å². The van der Waals surface area contributed by atoms with Crippen LogP contribution >= 0.6 is 7.52 Å². The molecule has 0 aliphatic carbocycles. The van der Waals surface area contributed by atoms with Crippen LogP contribution in [0.15, 0.2) is 42.0 Å². The van der Waals surface area contributed by atoms with Crippen LogP contribution in [-0.2, 0) is 38.3 Å². The lowest BCUT2D eigenvalue weighted by molar-refractivity contribution is -0.144. The second-order valence-electron chi connectivity index (χ2n) is 12.7. The minimum Gasteiger partial charge on any atom is -0.493 e. The summed E-state index contributed by atoms with van der Waals surface area (Å²) in [4.78, 5) is 25.1. The van der Waals surface area contributed by atoms with Crippen molar-refractivity contribution in [2.45, 2.75) is 85.8 Å². The Labute approximate surface area is 270 Å². The molecule has 2 atom stereocenters. The van der Waals surface area contributed by atoms with E-state index in [1.165, 1.54) is 5.56 Å². The lowest BCUT2D eigenvalue weighted by Crippen LogP contribution is -2.36. The zero-order valence-electron chi connectivity index (χ0n) is 28.2. The van der Waals surface area contributed by atoms with Crippen LogP contribution in [0.25, 0.3) is 0 Å². The van der Waals surface area contributed by atoms with Gasteiger partial charge in [-0.15, -0.1) is 0 Å². The third-order valence-corrected chi connectivity index (χ3v) is 11.5. The SMILES string of the molecule is CCOC(=O)[C@H](C)NP(=O)(CCNC/C(C)=C/Cc1c(CC)c(C)c2c(c1OCC[Si](C)(C)C)C(=O)OC2)Oc1ccccc1. The van der Waals surface area contributed by atoms with Crippen molar-refractivity contribution in [3.8, 4) is 11.5 Å². The molecular formula is C34H51N2O7PSi. The maximum absolute atomic E-state index is 13.8. The lowest BCUT2D eigenvalue weighted by atomic mass is 9.89. The molecule has 1 aliphatic heterocycles. The summed E-state index contributed by atoms with van der Waals surface area (Å²) in [5, 5.41) is 6.26. The van der Waals surface area contributed by atoms with Gasteiger partial charge < -0.3 is 24.1 Å². The van der Waals surface area contributed by atoms with Crippen LogP contribution in [0.3, 0.4) is 0 Å². The number of hydrogen-bond acceptors (Lipinski definition) is 8. The maximum Gasteiger partial charge on any atom is 0.342 e. The van der Waals surface area contributed by atoms with Crippen molar-refractivity contribution < 1.29 is 32.9 Å². The molecular weight excluding hydrogens is 607 g/mol. The second kappa shape index (κ2) is 16.6. The van der Waals surface area contributed by atoms with E-state index < -0.39 is 27.6 Å². The van der Waals surface area contributed by atoms with Gasteiger partial charge in [0.2, 0.25) is 0 Å². The smallest absolute Gasteiger partial charge is 0.342 e. The minimum absolute atomic E-state index is 0.167. The number of benzene rings is 2. The van der Waals surface area contributed by atoms with E-state index in [0.717, 1.165) is 34.7 Å². The van der Waals surface area contributed by atoms with Crippen LogP contribution in [0.5, 0.6) is 11.5 Å². The summed E-state index contributed by atoms with van der Waals surface area (Å²) in [5.74, 6) is 0.344. The van der Waals surface area contributed by atoms with E-state index in [-0.39, 0.29) is 18.7 Å². The van der Waals surface area contributed by atoms with Crippen LogP contribution in [0.2, 0.25) is 25.7 Å². The number of cyclic esters (lactones) is 1. The van der Waals surface area contributed by atoms with Gasteiger partial charge in [0.05, 0.1) is 19.4 Å². The van der Waals surface area contributed by atoms with E-state index in [2.05, 4.69) is 50.0 Å². The highest BCUT2D eigenvalue weighted by molar-refractivity contribution is 7.57. The van der Waals surface area contributed by atoms with Crippen molar-refractivity contribution in [3.05, 3.63) is 69.8 Å². The van der Waals surface area contributed by atoms with Gasteiger partial charge in [0, 0.05) is 32.3 Å². The number of esters is 2. The molecule has 2 aromatic rings. The van der Waals surface area contributed by atoms with Gasteiger partial charge in [0.25, 0.3) is 0 Å². The molecule has 0 aromatic heterocycles. The van der Waals surface area contributed by atoms with Gasteiger partial charge in [-0.25, -0.2) is 9.88 Å². The number of nitrogens with one attached hydrogen (secondary N) is 2. The summed E-state index contributed by atoms with van der Waals surface area (Å²) in [7, 11) is -4.78. The summed E-state index contributed by atoms with van der Waals surface area (Å²) in [6.45, 7) is 18.6. The van der Waals surface area contributed by atoms with Crippen molar-refractivity contribution >= 4 is 27.5 Å². The van der Waals surface area contributed by atoms with Crippen molar-refractivity contribution in [1.82, 2.24) is 10.4 Å². The Kier molecular flexibility index (Phi) is 13.5. The number of carbonyl (C=O) groups excluding carboxylic acids is 2. The summed E-state index contributed by atoms with van der Waals surface area (Å²) >= 11 is 0. The molecule has 0 fully saturated rings. The van der Waals surface area contributed by atoms with Crippen LogP contribution in [0.4, 0.5) is 0 Å². The summed E-state index contributed by atoms with van der Waals surface area (Å²) in [5.41, 5.74) is 5.97. The Morgan fingerprint density at radius 3 is 2.51 bits per heavy atom. The fraction of sp³-hybridized carbons (Fsp3) is 0.529. The minimum atomic E-state index is -3.45. The number of carbonyl (C=O) groups is 2. The normalized spacial score (nSPS) is 15.2. The Morgan fingerprint density at radius 1 is 1.16 bits per heavy atom. The van der Waals surface area contributed by atoms with E-state index in [1.807, 2.05) is 13.0 Å². The predicted molar refractivity (Wildman–Crippen MR) is 182 cm³/mol. The van der Waals surface area contributed by atoms with Crippen molar-refractivity contribution in [2.75, 3.05) is 32.5 Å². The molecule has 0 saturated heterocycles. The molecule has 0 bridgehead atoms. The zero-order chi connectivity index (χ0) is 33.2. The topological polar surface area (TPSA) is 112 Å². The molecule has 11 heteroatoms. The Morgan fingerprint density at radius 2 is 1.87 bits per heavy atom. The molecule has 45 heavy (non-hydrogen) atoms. The quantitative estimate of drug-likeness (QED) is 0.0585. The second-order valence-corrected chi connectivity index (χ2v) is 20.5. The highest BCUT2D eigenvalue weighted by Crippen LogP contribution is 2.43. The first-order valence-electron chi connectivity index (χ1n) is 15.9. The summed E-state index contributed by atoms with van der Waals surface area (Å²) in [6, 6.07) is 9.14. The molecule has 248 valence electrons. The number of rotatable bonds is 18. The Bertz CT molecular complexity index is 1410. The molecule has 2 aromatic carbocycles. The number of hydrogen-bond donors (Lipinski definition) is 2. The molecule has 1 aliphatic rings. The molecule has 3 rings (SSSR count). The first-order chi connectivity index (χ1) is 21.3. The number of allylic oxidation sites excluding steroid dienone is 1. The molecule has 0 saturated carbocycles. The Hall–Kier alpha value is -2.91. The van der Waals surface area contributed by atoms with Gasteiger partial charge in [-0.2, -0.15) is 0 Å². The van der Waals surface area contributed by atoms with Gasteiger partial charge in [0.15, 0.2) is 0 Å². The third kappa shape index (κ3) is 10.6.